The lowest BCUT2D eigenvalue weighted by molar-refractivity contribution is -0.291. The standard InChI is InChI=1S/C4H9NO2/c1-3-4-7-5(2)6/h3-4,6H,1-2H3/b4-3+. The first kappa shape index (κ1) is 6.46. The summed E-state index contributed by atoms with van der Waals surface area (Å²) < 4.78 is 0. The maximum Gasteiger partial charge on any atom is 0.110 e. The highest BCUT2D eigenvalue weighted by Gasteiger charge is 1.77. The van der Waals surface area contributed by atoms with E-state index in [1.807, 2.05) is 0 Å². The van der Waals surface area contributed by atoms with Gasteiger partial charge in [-0.25, -0.2) is 0 Å². The zero-order valence-corrected chi connectivity index (χ0v) is 4.46. The van der Waals surface area contributed by atoms with Gasteiger partial charge in [0.2, 0.25) is 0 Å². The third-order valence-corrected chi connectivity index (χ3v) is 0.349. The van der Waals surface area contributed by atoms with Gasteiger partial charge in [0, 0.05) is 0 Å². The van der Waals surface area contributed by atoms with E-state index in [0.717, 1.165) is 0 Å². The van der Waals surface area contributed by atoms with Crippen molar-refractivity contribution in [3.8, 4) is 0 Å². The van der Waals surface area contributed by atoms with Crippen LogP contribution in [0.3, 0.4) is 0 Å². The molecular formula is C4H9NO2. The van der Waals surface area contributed by atoms with Crippen LogP contribution >= 0.6 is 0 Å². The molecular weight excluding hydrogens is 94.0 g/mol. The molecule has 0 aromatic rings. The molecule has 0 bridgehead atoms. The summed E-state index contributed by atoms with van der Waals surface area (Å²) in [7, 11) is 1.39. The van der Waals surface area contributed by atoms with Gasteiger partial charge in [-0.2, -0.15) is 0 Å². The molecule has 0 spiro atoms. The Morgan fingerprint density at radius 3 is 2.43 bits per heavy atom. The molecule has 0 atom stereocenters. The van der Waals surface area contributed by atoms with E-state index in [2.05, 4.69) is 4.84 Å². The lowest BCUT2D eigenvalue weighted by Gasteiger charge is -2.02. The molecule has 0 rings (SSSR count). The number of rotatable bonds is 2. The van der Waals surface area contributed by atoms with Crippen LogP contribution in [0, 0.1) is 0 Å². The second-order valence-corrected chi connectivity index (χ2v) is 1.04. The fourth-order valence-electron chi connectivity index (χ4n) is 0.149. The van der Waals surface area contributed by atoms with Crippen LogP contribution in [0.1, 0.15) is 6.92 Å². The normalized spacial score (nSPS) is 10.9. The van der Waals surface area contributed by atoms with E-state index in [-0.39, 0.29) is 0 Å². The maximum absolute atomic E-state index is 8.24. The van der Waals surface area contributed by atoms with E-state index in [1.54, 1.807) is 13.0 Å². The minimum atomic E-state index is 0.625. The number of nitrogens with zero attached hydrogens (tertiary/aromatic N) is 1. The molecule has 0 unspecified atom stereocenters. The van der Waals surface area contributed by atoms with Crippen molar-refractivity contribution >= 4 is 0 Å². The minimum absolute atomic E-state index is 0.625. The van der Waals surface area contributed by atoms with Crippen LogP contribution in [0.4, 0.5) is 0 Å². The molecule has 7 heavy (non-hydrogen) atoms. The molecule has 1 N–H and O–H groups in total. The topological polar surface area (TPSA) is 32.7 Å². The summed E-state index contributed by atoms with van der Waals surface area (Å²) in [5, 5.41) is 8.87. The number of hydrogen-bond acceptors (Lipinski definition) is 3. The Bertz CT molecular complexity index is 60.7. The van der Waals surface area contributed by atoms with Crippen molar-refractivity contribution in [2.24, 2.45) is 0 Å². The first-order chi connectivity index (χ1) is 3.27. The molecule has 0 fully saturated rings. The van der Waals surface area contributed by atoms with Gasteiger partial charge >= 0.3 is 0 Å². The van der Waals surface area contributed by atoms with Gasteiger partial charge in [-0.1, -0.05) is 6.08 Å². The van der Waals surface area contributed by atoms with Gasteiger partial charge in [0.1, 0.15) is 6.26 Å². The van der Waals surface area contributed by atoms with E-state index in [9.17, 15) is 0 Å². The molecule has 0 radical (unpaired) electrons. The van der Waals surface area contributed by atoms with Crippen molar-refractivity contribution in [3.05, 3.63) is 12.3 Å². The Labute approximate surface area is 42.7 Å². The van der Waals surface area contributed by atoms with Crippen molar-refractivity contribution in [2.45, 2.75) is 6.92 Å². The van der Waals surface area contributed by atoms with Crippen molar-refractivity contribution in [2.75, 3.05) is 7.05 Å². The highest BCUT2D eigenvalue weighted by Crippen LogP contribution is 1.77. The highest BCUT2D eigenvalue weighted by atomic mass is 16.9. The summed E-state index contributed by atoms with van der Waals surface area (Å²) in [6, 6.07) is 0. The van der Waals surface area contributed by atoms with Gasteiger partial charge in [-0.3, -0.25) is 5.21 Å². The Balaban J connectivity index is 2.97. The SMILES string of the molecule is C/C=C/ON(C)O. The third-order valence-electron chi connectivity index (χ3n) is 0.349. The van der Waals surface area contributed by atoms with Crippen LogP contribution < -0.4 is 0 Å². The van der Waals surface area contributed by atoms with Gasteiger partial charge in [-0.05, 0) is 12.2 Å². The average molecular weight is 103 g/mol. The molecule has 0 saturated heterocycles. The zero-order chi connectivity index (χ0) is 5.70. The molecule has 0 aromatic carbocycles. The minimum Gasteiger partial charge on any atom is -0.389 e. The van der Waals surface area contributed by atoms with Crippen molar-refractivity contribution in [1.82, 2.24) is 5.23 Å². The first-order valence-electron chi connectivity index (χ1n) is 1.98. The molecule has 0 aliphatic rings. The molecule has 3 heteroatoms. The molecule has 3 nitrogen and oxygen atoms in total. The largest absolute Gasteiger partial charge is 0.389 e. The van der Waals surface area contributed by atoms with Crippen molar-refractivity contribution < 1.29 is 10.0 Å². The van der Waals surface area contributed by atoms with Crippen LogP contribution in [-0.4, -0.2) is 17.5 Å². The summed E-state index contributed by atoms with van der Waals surface area (Å²) in [5.74, 6) is 0. The fraction of sp³-hybridized carbons (Fsp3) is 0.500. The van der Waals surface area contributed by atoms with E-state index < -0.39 is 0 Å². The summed E-state index contributed by atoms with van der Waals surface area (Å²) in [5.41, 5.74) is 0. The zero-order valence-electron chi connectivity index (χ0n) is 4.46. The van der Waals surface area contributed by atoms with Crippen molar-refractivity contribution in [3.63, 3.8) is 0 Å². The van der Waals surface area contributed by atoms with Gasteiger partial charge < -0.3 is 4.84 Å². The lowest BCUT2D eigenvalue weighted by atomic mass is 10.7. The molecule has 0 aliphatic heterocycles. The quantitative estimate of drug-likeness (QED) is 0.414. The van der Waals surface area contributed by atoms with Crippen LogP contribution in [0.15, 0.2) is 12.3 Å². The number of allylic oxidation sites excluding steroid dienone is 1. The smallest absolute Gasteiger partial charge is 0.110 e. The predicted octanol–water partition coefficient (Wildman–Crippen LogP) is 0.773. The monoisotopic (exact) mass is 103 g/mol. The van der Waals surface area contributed by atoms with E-state index in [0.29, 0.717) is 5.23 Å². The average Bonchev–Trinajstić information content (AvgIpc) is 1.61. The van der Waals surface area contributed by atoms with Gasteiger partial charge in [-0.15, -0.1) is 0 Å². The molecule has 0 aliphatic carbocycles. The van der Waals surface area contributed by atoms with E-state index >= 15 is 0 Å². The molecule has 42 valence electrons. The summed E-state index contributed by atoms with van der Waals surface area (Å²) in [6.07, 6.45) is 3.05. The first-order valence-corrected chi connectivity index (χ1v) is 1.98. The van der Waals surface area contributed by atoms with Gasteiger partial charge in [0.15, 0.2) is 0 Å². The molecule has 0 saturated carbocycles. The van der Waals surface area contributed by atoms with Crippen LogP contribution in [0.2, 0.25) is 0 Å². The van der Waals surface area contributed by atoms with Crippen LogP contribution in [-0.2, 0) is 4.84 Å². The lowest BCUT2D eigenvalue weighted by Crippen LogP contribution is -2.08. The summed E-state index contributed by atoms with van der Waals surface area (Å²) in [4.78, 5) is 4.40. The summed E-state index contributed by atoms with van der Waals surface area (Å²) in [6.45, 7) is 1.80. The Morgan fingerprint density at radius 2 is 2.29 bits per heavy atom. The highest BCUT2D eigenvalue weighted by molar-refractivity contribution is 4.63. The molecule has 0 aromatic heterocycles. The van der Waals surface area contributed by atoms with Crippen LogP contribution in [0.25, 0.3) is 0 Å². The Hall–Kier alpha value is -0.540. The number of hydrogen-bond donors (Lipinski definition) is 1. The predicted molar refractivity (Wildman–Crippen MR) is 25.4 cm³/mol. The Kier molecular flexibility index (Phi) is 3.36. The third kappa shape index (κ3) is 5.46. The fourth-order valence-corrected chi connectivity index (χ4v) is 0.149. The van der Waals surface area contributed by atoms with E-state index in [4.69, 9.17) is 5.21 Å². The van der Waals surface area contributed by atoms with Crippen LogP contribution in [0.5, 0.6) is 0 Å². The second kappa shape index (κ2) is 3.64. The molecule has 0 heterocycles. The van der Waals surface area contributed by atoms with E-state index in [1.165, 1.54) is 13.3 Å². The van der Waals surface area contributed by atoms with Crippen molar-refractivity contribution in [1.29, 1.82) is 0 Å². The van der Waals surface area contributed by atoms with Gasteiger partial charge in [0.05, 0.1) is 7.05 Å². The van der Waals surface area contributed by atoms with Gasteiger partial charge in [0.25, 0.3) is 0 Å². The second-order valence-electron chi connectivity index (χ2n) is 1.04. The molecule has 0 amide bonds. The maximum atomic E-state index is 8.24. The Morgan fingerprint density at radius 1 is 1.71 bits per heavy atom. The number of hydroxylamine groups is 2. The summed E-state index contributed by atoms with van der Waals surface area (Å²) >= 11 is 0.